The van der Waals surface area contributed by atoms with Crippen molar-refractivity contribution in [2.75, 3.05) is 17.2 Å². The van der Waals surface area contributed by atoms with Crippen molar-refractivity contribution in [2.24, 2.45) is 5.92 Å². The SMILES string of the molecule is CC(C)Cc1nnc(NC(=O)c2ccc3c(c2)OCC(=O)N3)s1. The molecule has 3 rings (SSSR count). The molecule has 0 saturated heterocycles. The summed E-state index contributed by atoms with van der Waals surface area (Å²) >= 11 is 1.37. The Kier molecular flexibility index (Phi) is 4.24. The average Bonchev–Trinajstić information content (AvgIpc) is 2.92. The van der Waals surface area contributed by atoms with Gasteiger partial charge in [0, 0.05) is 12.0 Å². The van der Waals surface area contributed by atoms with Crippen LogP contribution in [0, 0.1) is 5.92 Å². The van der Waals surface area contributed by atoms with Gasteiger partial charge in [0.2, 0.25) is 5.13 Å². The number of benzene rings is 1. The fourth-order valence-corrected chi connectivity index (χ4v) is 3.07. The van der Waals surface area contributed by atoms with Gasteiger partial charge in [0.05, 0.1) is 5.69 Å². The molecule has 1 aromatic heterocycles. The number of carbonyl (C=O) groups excluding carboxylic acids is 2. The molecule has 1 aromatic carbocycles. The summed E-state index contributed by atoms with van der Waals surface area (Å²) in [5, 5.41) is 14.8. The number of nitrogens with one attached hydrogen (secondary N) is 2. The summed E-state index contributed by atoms with van der Waals surface area (Å²) in [7, 11) is 0. The molecule has 2 heterocycles. The molecular formula is C15H16N4O3S. The van der Waals surface area contributed by atoms with E-state index in [1.165, 1.54) is 11.3 Å². The Morgan fingerprint density at radius 1 is 1.43 bits per heavy atom. The predicted molar refractivity (Wildman–Crippen MR) is 87.0 cm³/mol. The number of carbonyl (C=O) groups is 2. The third-order valence-corrected chi connectivity index (χ3v) is 4.01. The lowest BCUT2D eigenvalue weighted by Gasteiger charge is -2.18. The molecule has 2 amide bonds. The summed E-state index contributed by atoms with van der Waals surface area (Å²) in [5.74, 6) is 0.469. The number of hydrogen-bond donors (Lipinski definition) is 2. The minimum Gasteiger partial charge on any atom is -0.482 e. The molecule has 0 fully saturated rings. The normalized spacial score (nSPS) is 13.3. The zero-order valence-electron chi connectivity index (χ0n) is 12.8. The number of nitrogens with zero attached hydrogens (tertiary/aromatic N) is 2. The van der Waals surface area contributed by atoms with Crippen molar-refractivity contribution in [3.63, 3.8) is 0 Å². The summed E-state index contributed by atoms with van der Waals surface area (Å²) in [4.78, 5) is 23.5. The van der Waals surface area contributed by atoms with E-state index < -0.39 is 0 Å². The first-order chi connectivity index (χ1) is 11.0. The van der Waals surface area contributed by atoms with Gasteiger partial charge in [0.15, 0.2) is 6.61 Å². The van der Waals surface area contributed by atoms with Crippen molar-refractivity contribution in [1.82, 2.24) is 10.2 Å². The molecule has 2 N–H and O–H groups in total. The maximum Gasteiger partial charge on any atom is 0.262 e. The van der Waals surface area contributed by atoms with Crippen LogP contribution in [0.25, 0.3) is 0 Å². The Bertz CT molecular complexity index is 757. The van der Waals surface area contributed by atoms with Gasteiger partial charge in [-0.15, -0.1) is 10.2 Å². The molecule has 0 radical (unpaired) electrons. The third kappa shape index (κ3) is 3.65. The van der Waals surface area contributed by atoms with E-state index in [4.69, 9.17) is 4.74 Å². The van der Waals surface area contributed by atoms with Crippen molar-refractivity contribution in [3.8, 4) is 5.75 Å². The van der Waals surface area contributed by atoms with E-state index in [1.807, 2.05) is 0 Å². The summed E-state index contributed by atoms with van der Waals surface area (Å²) in [6.45, 7) is 4.16. The minimum atomic E-state index is -0.291. The van der Waals surface area contributed by atoms with Gasteiger partial charge < -0.3 is 10.1 Å². The van der Waals surface area contributed by atoms with Crippen LogP contribution in [-0.2, 0) is 11.2 Å². The second-order valence-electron chi connectivity index (χ2n) is 5.60. The van der Waals surface area contributed by atoms with Crippen LogP contribution in [-0.4, -0.2) is 28.6 Å². The molecule has 0 bridgehead atoms. The maximum atomic E-state index is 12.3. The van der Waals surface area contributed by atoms with Crippen LogP contribution in [0.2, 0.25) is 0 Å². The van der Waals surface area contributed by atoms with Crippen molar-refractivity contribution in [2.45, 2.75) is 20.3 Å². The van der Waals surface area contributed by atoms with E-state index in [0.29, 0.717) is 28.0 Å². The van der Waals surface area contributed by atoms with Crippen LogP contribution in [0.1, 0.15) is 29.2 Å². The highest BCUT2D eigenvalue weighted by Gasteiger charge is 2.18. The smallest absolute Gasteiger partial charge is 0.262 e. The standard InChI is InChI=1S/C15H16N4O3S/c1-8(2)5-13-18-19-15(23-13)17-14(21)9-3-4-10-11(6-9)22-7-12(20)16-10/h3-4,6,8H,5,7H2,1-2H3,(H,16,20)(H,17,19,21). The van der Waals surface area contributed by atoms with Crippen molar-refractivity contribution in [1.29, 1.82) is 0 Å². The number of hydrogen-bond acceptors (Lipinski definition) is 6. The minimum absolute atomic E-state index is 0.0486. The number of fused-ring (bicyclic) bond motifs is 1. The first-order valence-electron chi connectivity index (χ1n) is 7.21. The molecule has 2 aromatic rings. The maximum absolute atomic E-state index is 12.3. The predicted octanol–water partition coefficient (Wildman–Crippen LogP) is 2.32. The number of aromatic nitrogens is 2. The van der Waals surface area contributed by atoms with Crippen LogP contribution in [0.5, 0.6) is 5.75 Å². The highest BCUT2D eigenvalue weighted by Crippen LogP contribution is 2.29. The molecule has 0 aliphatic carbocycles. The van der Waals surface area contributed by atoms with Crippen LogP contribution >= 0.6 is 11.3 Å². The zero-order valence-corrected chi connectivity index (χ0v) is 13.6. The molecule has 1 aliphatic rings. The molecule has 1 aliphatic heterocycles. The Balaban J connectivity index is 1.71. The van der Waals surface area contributed by atoms with Gasteiger partial charge in [0.25, 0.3) is 11.8 Å². The quantitative estimate of drug-likeness (QED) is 0.896. The van der Waals surface area contributed by atoms with Gasteiger partial charge in [0.1, 0.15) is 10.8 Å². The fraction of sp³-hybridized carbons (Fsp3) is 0.333. The molecule has 0 saturated carbocycles. The highest BCUT2D eigenvalue weighted by molar-refractivity contribution is 7.15. The van der Waals surface area contributed by atoms with E-state index in [2.05, 4.69) is 34.7 Å². The average molecular weight is 332 g/mol. The summed E-state index contributed by atoms with van der Waals surface area (Å²) in [5.41, 5.74) is 0.994. The molecule has 7 nitrogen and oxygen atoms in total. The second-order valence-corrected chi connectivity index (χ2v) is 6.66. The number of rotatable bonds is 4. The molecule has 120 valence electrons. The summed E-state index contributed by atoms with van der Waals surface area (Å²) in [6.07, 6.45) is 0.833. The first-order valence-corrected chi connectivity index (χ1v) is 8.03. The lowest BCUT2D eigenvalue weighted by Crippen LogP contribution is -2.25. The largest absolute Gasteiger partial charge is 0.482 e. The Labute approximate surface area is 137 Å². The van der Waals surface area contributed by atoms with Crippen LogP contribution in [0.3, 0.4) is 0 Å². The lowest BCUT2D eigenvalue weighted by atomic mass is 10.1. The van der Waals surface area contributed by atoms with Crippen LogP contribution in [0.15, 0.2) is 18.2 Å². The van der Waals surface area contributed by atoms with Gasteiger partial charge in [-0.05, 0) is 24.1 Å². The first kappa shape index (κ1) is 15.4. The van der Waals surface area contributed by atoms with E-state index in [0.717, 1.165) is 11.4 Å². The molecule has 8 heteroatoms. The van der Waals surface area contributed by atoms with Crippen molar-refractivity contribution >= 4 is 34.0 Å². The Morgan fingerprint density at radius 3 is 3.04 bits per heavy atom. The molecule has 0 spiro atoms. The molecular weight excluding hydrogens is 316 g/mol. The zero-order chi connectivity index (χ0) is 16.4. The van der Waals surface area contributed by atoms with Gasteiger partial charge in [-0.2, -0.15) is 0 Å². The van der Waals surface area contributed by atoms with Gasteiger partial charge in [-0.25, -0.2) is 0 Å². The van der Waals surface area contributed by atoms with Crippen LogP contribution < -0.4 is 15.4 Å². The summed E-state index contributed by atoms with van der Waals surface area (Å²) < 4.78 is 5.31. The van der Waals surface area contributed by atoms with E-state index in [-0.39, 0.29) is 18.4 Å². The van der Waals surface area contributed by atoms with Gasteiger partial charge in [-0.1, -0.05) is 25.2 Å². The van der Waals surface area contributed by atoms with E-state index >= 15 is 0 Å². The molecule has 23 heavy (non-hydrogen) atoms. The second kappa shape index (κ2) is 6.33. The van der Waals surface area contributed by atoms with E-state index in [9.17, 15) is 9.59 Å². The van der Waals surface area contributed by atoms with Gasteiger partial charge >= 0.3 is 0 Å². The summed E-state index contributed by atoms with van der Waals surface area (Å²) in [6, 6.07) is 4.87. The highest BCUT2D eigenvalue weighted by atomic mass is 32.1. The van der Waals surface area contributed by atoms with E-state index in [1.54, 1.807) is 18.2 Å². The Morgan fingerprint density at radius 2 is 2.26 bits per heavy atom. The van der Waals surface area contributed by atoms with Gasteiger partial charge in [-0.3, -0.25) is 14.9 Å². The van der Waals surface area contributed by atoms with Crippen molar-refractivity contribution < 1.29 is 14.3 Å². The van der Waals surface area contributed by atoms with Crippen LogP contribution in [0.4, 0.5) is 10.8 Å². The Hall–Kier alpha value is -2.48. The molecule has 0 atom stereocenters. The number of anilines is 2. The number of ether oxygens (including phenoxy) is 1. The number of amides is 2. The third-order valence-electron chi connectivity index (χ3n) is 3.15. The fourth-order valence-electron chi connectivity index (χ4n) is 2.12. The van der Waals surface area contributed by atoms with Crippen molar-refractivity contribution in [3.05, 3.63) is 28.8 Å². The molecule has 0 unspecified atom stereocenters. The lowest BCUT2D eigenvalue weighted by molar-refractivity contribution is -0.118. The topological polar surface area (TPSA) is 93.2 Å². The monoisotopic (exact) mass is 332 g/mol.